The van der Waals surface area contributed by atoms with Gasteiger partial charge in [-0.2, -0.15) is 0 Å². The number of carbonyl (C=O) groups excluding carboxylic acids is 3. The van der Waals surface area contributed by atoms with Gasteiger partial charge in [0, 0.05) is 6.42 Å². The molecule has 0 fully saturated rings. The molecule has 0 aliphatic heterocycles. The van der Waals surface area contributed by atoms with Crippen molar-refractivity contribution >= 4 is 46.8 Å². The Labute approximate surface area is 217 Å². The minimum absolute atomic E-state index is 0.0312. The van der Waals surface area contributed by atoms with E-state index in [9.17, 15) is 24.3 Å². The van der Waals surface area contributed by atoms with Crippen molar-refractivity contribution in [1.29, 1.82) is 0 Å². The molecule has 0 spiro atoms. The van der Waals surface area contributed by atoms with Crippen LogP contribution in [0.2, 0.25) is 0 Å². The van der Waals surface area contributed by atoms with E-state index in [1.54, 1.807) is 0 Å². The van der Waals surface area contributed by atoms with Crippen LogP contribution in [0.5, 0.6) is 0 Å². The number of carbonyl (C=O) groups is 4. The van der Waals surface area contributed by atoms with E-state index in [0.29, 0.717) is 19.4 Å². The van der Waals surface area contributed by atoms with E-state index in [4.69, 9.17) is 34.7 Å². The molecule has 1 aromatic carbocycles. The monoisotopic (exact) mass is 532 g/mol. The Balaban J connectivity index is 0.00000170. The summed E-state index contributed by atoms with van der Waals surface area (Å²) in [6.45, 7) is 4.26. The van der Waals surface area contributed by atoms with Gasteiger partial charge < -0.3 is 27.2 Å². The Morgan fingerprint density at radius 3 is 2.00 bits per heavy atom. The molecule has 1 rings (SSSR count). The second kappa shape index (κ2) is 19.0. The number of aliphatic carboxylic acids is 1. The number of rotatable bonds is 15. The minimum Gasteiger partial charge on any atom is -0.480 e. The first kappa shape index (κ1) is 32.8. The fourth-order valence-electron chi connectivity index (χ4n) is 2.90. The smallest absolute Gasteiger partial charge is 0.326 e. The van der Waals surface area contributed by atoms with Crippen LogP contribution in [0.25, 0.3) is 0 Å². The van der Waals surface area contributed by atoms with Crippen LogP contribution in [0, 0.1) is 5.92 Å². The van der Waals surface area contributed by atoms with Crippen LogP contribution in [-0.4, -0.2) is 65.1 Å². The summed E-state index contributed by atoms with van der Waals surface area (Å²) in [6, 6.07) is 6.52. The van der Waals surface area contributed by atoms with Crippen LogP contribution in [-0.2, 0) is 25.6 Å². The molecule has 1 aromatic rings. The molecule has 0 saturated heterocycles. The second-order valence-electron chi connectivity index (χ2n) is 8.15. The van der Waals surface area contributed by atoms with Gasteiger partial charge in [-0.15, -0.1) is 23.2 Å². The molecule has 35 heavy (non-hydrogen) atoms. The fourth-order valence-corrected chi connectivity index (χ4v) is 3.18. The van der Waals surface area contributed by atoms with Gasteiger partial charge in [-0.1, -0.05) is 50.6 Å². The van der Waals surface area contributed by atoms with Gasteiger partial charge in [0.2, 0.25) is 11.8 Å². The van der Waals surface area contributed by atoms with Crippen LogP contribution < -0.4 is 22.1 Å². The molecule has 0 saturated carbocycles. The lowest BCUT2D eigenvalue weighted by Crippen LogP contribution is -2.56. The molecule has 0 radical (unpaired) electrons. The van der Waals surface area contributed by atoms with Crippen molar-refractivity contribution in [3.05, 3.63) is 35.9 Å². The molecular weight excluding hydrogens is 495 g/mol. The topological polar surface area (TPSA) is 165 Å². The fraction of sp³-hybridized carbons (Fsp3) is 0.583. The molecule has 9 nitrogen and oxygen atoms in total. The first-order valence-corrected chi connectivity index (χ1v) is 12.6. The Kier molecular flexibility index (Phi) is 17.8. The average Bonchev–Trinajstić information content (AvgIpc) is 2.86. The number of unbranched alkanes of at least 4 members (excludes halogenated alkanes) is 1. The number of hydrogen-bond donors (Lipinski definition) is 5. The van der Waals surface area contributed by atoms with Gasteiger partial charge in [-0.05, 0) is 37.3 Å². The highest BCUT2D eigenvalue weighted by Crippen LogP contribution is 2.09. The van der Waals surface area contributed by atoms with Crippen molar-refractivity contribution in [2.24, 2.45) is 17.4 Å². The molecule has 2 amide bonds. The number of carboxylic acids is 1. The summed E-state index contributed by atoms with van der Waals surface area (Å²) in [7, 11) is 0. The van der Waals surface area contributed by atoms with Crippen LogP contribution in [0.3, 0.4) is 0 Å². The molecule has 4 unspecified atom stereocenters. The Morgan fingerprint density at radius 2 is 1.54 bits per heavy atom. The Hall–Kier alpha value is -2.20. The van der Waals surface area contributed by atoms with E-state index in [1.165, 1.54) is 0 Å². The number of nitrogens with one attached hydrogen (secondary N) is 2. The second-order valence-corrected chi connectivity index (χ2v) is 8.69. The van der Waals surface area contributed by atoms with E-state index >= 15 is 0 Å². The van der Waals surface area contributed by atoms with Crippen molar-refractivity contribution in [3.63, 3.8) is 0 Å². The average molecular weight is 533 g/mol. The summed E-state index contributed by atoms with van der Waals surface area (Å²) in [5.41, 5.74) is 12.3. The standard InChI is InChI=1S/C21H34N4O4.C3H4Cl2O/c1-3-14(2)18(23)20(27)25-17(13-15-9-5-4-6-10-15)19(26)24-16(21(28)29)11-7-8-12-22;4-1-3(6)2-5/h4-6,9-10,14,16-18H,3,7-8,11-13,22-23H2,1-2H3,(H,24,26)(H,25,27)(H,28,29);1-2H2. The maximum absolute atomic E-state index is 12.8. The Bertz CT molecular complexity index is 776. The number of benzene rings is 1. The summed E-state index contributed by atoms with van der Waals surface area (Å²) in [5.74, 6) is -2.19. The quantitative estimate of drug-likeness (QED) is 0.169. The van der Waals surface area contributed by atoms with Gasteiger partial charge in [0.1, 0.15) is 12.1 Å². The Morgan fingerprint density at radius 1 is 0.971 bits per heavy atom. The molecule has 0 bridgehead atoms. The third-order valence-corrected chi connectivity index (χ3v) is 5.93. The number of halogens is 2. The zero-order valence-corrected chi connectivity index (χ0v) is 21.9. The lowest BCUT2D eigenvalue weighted by Gasteiger charge is -2.24. The molecule has 7 N–H and O–H groups in total. The number of amides is 2. The zero-order valence-electron chi connectivity index (χ0n) is 20.3. The lowest BCUT2D eigenvalue weighted by molar-refractivity contribution is -0.142. The minimum atomic E-state index is -1.11. The van der Waals surface area contributed by atoms with Crippen molar-refractivity contribution in [2.45, 2.75) is 64.1 Å². The van der Waals surface area contributed by atoms with Gasteiger partial charge in [-0.3, -0.25) is 14.4 Å². The van der Waals surface area contributed by atoms with E-state index in [2.05, 4.69) is 10.6 Å². The van der Waals surface area contributed by atoms with Crippen LogP contribution in [0.1, 0.15) is 45.1 Å². The van der Waals surface area contributed by atoms with Crippen molar-refractivity contribution in [1.82, 2.24) is 10.6 Å². The van der Waals surface area contributed by atoms with Crippen LogP contribution >= 0.6 is 23.2 Å². The first-order valence-electron chi connectivity index (χ1n) is 11.6. The molecule has 0 aromatic heterocycles. The highest BCUT2D eigenvalue weighted by molar-refractivity contribution is 6.35. The number of nitrogens with two attached hydrogens (primary N) is 2. The largest absolute Gasteiger partial charge is 0.480 e. The van der Waals surface area contributed by atoms with Crippen molar-refractivity contribution in [3.8, 4) is 0 Å². The maximum atomic E-state index is 12.8. The molecule has 0 heterocycles. The normalized spacial score (nSPS) is 13.9. The van der Waals surface area contributed by atoms with E-state index in [1.807, 2.05) is 44.2 Å². The SMILES string of the molecule is CCC(C)C(N)C(=O)NC(Cc1ccccc1)C(=O)NC(CCCCN)C(=O)O.O=C(CCl)CCl. The number of ketones is 1. The molecule has 0 aliphatic rings. The van der Waals surface area contributed by atoms with Gasteiger partial charge in [-0.25, -0.2) is 4.79 Å². The summed E-state index contributed by atoms with van der Waals surface area (Å²) < 4.78 is 0. The molecule has 11 heteroatoms. The summed E-state index contributed by atoms with van der Waals surface area (Å²) in [4.78, 5) is 46.8. The summed E-state index contributed by atoms with van der Waals surface area (Å²) in [6.07, 6.45) is 2.50. The predicted octanol–water partition coefficient (Wildman–Crippen LogP) is 1.82. The first-order chi connectivity index (χ1) is 16.6. The van der Waals surface area contributed by atoms with Crippen LogP contribution in [0.15, 0.2) is 30.3 Å². The van der Waals surface area contributed by atoms with E-state index in [-0.39, 0.29) is 36.3 Å². The number of alkyl halides is 2. The number of carboxylic acid groups (broad SMARTS) is 1. The third kappa shape index (κ3) is 14.1. The van der Waals surface area contributed by atoms with Gasteiger partial charge in [0.25, 0.3) is 0 Å². The van der Waals surface area contributed by atoms with Crippen molar-refractivity contribution < 1.29 is 24.3 Å². The number of hydrogen-bond acceptors (Lipinski definition) is 6. The summed E-state index contributed by atoms with van der Waals surface area (Å²) in [5, 5.41) is 14.7. The van der Waals surface area contributed by atoms with Crippen LogP contribution in [0.4, 0.5) is 0 Å². The van der Waals surface area contributed by atoms with Crippen molar-refractivity contribution in [2.75, 3.05) is 18.3 Å². The maximum Gasteiger partial charge on any atom is 0.326 e. The van der Waals surface area contributed by atoms with E-state index in [0.717, 1.165) is 12.0 Å². The number of Topliss-reactive ketones (excluding diaryl/α,β-unsaturated/α-hetero) is 1. The summed E-state index contributed by atoms with van der Waals surface area (Å²) >= 11 is 10.0. The predicted molar refractivity (Wildman–Crippen MR) is 138 cm³/mol. The molecule has 198 valence electrons. The molecule has 4 atom stereocenters. The highest BCUT2D eigenvalue weighted by Gasteiger charge is 2.29. The third-order valence-electron chi connectivity index (χ3n) is 5.33. The van der Waals surface area contributed by atoms with Gasteiger partial charge in [0.05, 0.1) is 17.8 Å². The zero-order chi connectivity index (χ0) is 26.8. The molecule has 0 aliphatic carbocycles. The van der Waals surface area contributed by atoms with E-state index < -0.39 is 35.9 Å². The highest BCUT2D eigenvalue weighted by atomic mass is 35.5. The van der Waals surface area contributed by atoms with Gasteiger partial charge in [0.15, 0.2) is 5.78 Å². The lowest BCUT2D eigenvalue weighted by atomic mass is 9.98. The molecular formula is C24H38Cl2N4O5. The van der Waals surface area contributed by atoms with Gasteiger partial charge >= 0.3 is 5.97 Å².